The Labute approximate surface area is 238 Å². The van der Waals surface area contributed by atoms with Crippen LogP contribution in [-0.4, -0.2) is 55.4 Å². The number of nitro benzene ring substituents is 1. The number of likely N-dealkylation sites (tertiary alicyclic amines) is 1. The molecule has 0 bridgehead atoms. The third-order valence-corrected chi connectivity index (χ3v) is 10.3. The van der Waals surface area contributed by atoms with E-state index >= 15 is 0 Å². The predicted octanol–water partition coefficient (Wildman–Crippen LogP) is 3.80. The van der Waals surface area contributed by atoms with Gasteiger partial charge in [0.2, 0.25) is 11.8 Å². The minimum Gasteiger partial charge on any atom is -0.507 e. The number of imide groups is 2. The molecule has 1 N–H and O–H groups in total. The Balaban J connectivity index is 1.52. The highest BCUT2D eigenvalue weighted by Gasteiger charge is 2.76. The Hall–Kier alpha value is -3.76. The molecule has 10 nitrogen and oxygen atoms in total. The first kappa shape index (κ1) is 26.5. The molecule has 2 aromatic rings. The maximum absolute atomic E-state index is 14.0. The number of allylic oxidation sites excluding steroid dienone is 2. The SMILES string of the molecule is Cc1cccc(C2C3=CCC4C(=O)N(c5cccc([N+](=O)[O-])c5)C(=O)C4C3CC3(Cl)C(=O)N(C)C(=O)C23Cl)c1O. The van der Waals surface area contributed by atoms with Gasteiger partial charge in [-0.15, -0.1) is 23.2 Å². The lowest BCUT2D eigenvalue weighted by Gasteiger charge is -2.50. The van der Waals surface area contributed by atoms with Crippen molar-refractivity contribution in [3.8, 4) is 5.75 Å². The standard InChI is InChI=1S/C28H23Cl2N3O7/c1-13-5-3-8-18(22(13)34)21-16-9-10-17-20(19(16)12-27(29)25(37)31(2)26(38)28(21,27)30)24(36)32(23(17)35)14-6-4-7-15(11-14)33(39)40/h3-9,11,17,19-21,34H,10,12H2,1-2H3. The fraction of sp³-hybridized carbons (Fsp3) is 0.357. The number of rotatable bonds is 3. The molecule has 6 rings (SSSR count). The molecule has 2 aromatic carbocycles. The summed E-state index contributed by atoms with van der Waals surface area (Å²) < 4.78 is 0. The highest BCUT2D eigenvalue weighted by Crippen LogP contribution is 2.66. The molecule has 12 heteroatoms. The van der Waals surface area contributed by atoms with Crippen molar-refractivity contribution in [1.29, 1.82) is 0 Å². The number of nitrogens with zero attached hydrogens (tertiary/aromatic N) is 3. The van der Waals surface area contributed by atoms with Crippen LogP contribution in [0.15, 0.2) is 54.1 Å². The predicted molar refractivity (Wildman–Crippen MR) is 144 cm³/mol. The van der Waals surface area contributed by atoms with Crippen LogP contribution >= 0.6 is 23.2 Å². The number of non-ortho nitro benzene ring substituents is 1. The van der Waals surface area contributed by atoms with Crippen molar-refractivity contribution in [1.82, 2.24) is 4.90 Å². The summed E-state index contributed by atoms with van der Waals surface area (Å²) in [4.78, 5) is 63.2. The van der Waals surface area contributed by atoms with Gasteiger partial charge in [0.25, 0.3) is 17.5 Å². The molecule has 40 heavy (non-hydrogen) atoms. The van der Waals surface area contributed by atoms with Crippen molar-refractivity contribution in [2.24, 2.45) is 17.8 Å². The zero-order valence-corrected chi connectivity index (χ0v) is 22.8. The maximum Gasteiger partial charge on any atom is 0.271 e. The Morgan fingerprint density at radius 3 is 2.42 bits per heavy atom. The Morgan fingerprint density at radius 2 is 1.73 bits per heavy atom. The number of para-hydroxylation sites is 1. The average molecular weight is 584 g/mol. The summed E-state index contributed by atoms with van der Waals surface area (Å²) in [5, 5.41) is 22.4. The number of carbonyl (C=O) groups is 4. The number of amides is 4. The topological polar surface area (TPSA) is 138 Å². The zero-order valence-electron chi connectivity index (χ0n) is 21.3. The second-order valence-corrected chi connectivity index (χ2v) is 12.0. The second-order valence-electron chi connectivity index (χ2n) is 10.8. The first-order valence-corrected chi connectivity index (χ1v) is 13.4. The lowest BCUT2D eigenvalue weighted by atomic mass is 9.56. The van der Waals surface area contributed by atoms with Crippen molar-refractivity contribution < 1.29 is 29.2 Å². The van der Waals surface area contributed by atoms with Gasteiger partial charge >= 0.3 is 0 Å². The monoisotopic (exact) mass is 583 g/mol. The van der Waals surface area contributed by atoms with E-state index in [0.717, 1.165) is 15.9 Å². The first-order valence-electron chi connectivity index (χ1n) is 12.7. The van der Waals surface area contributed by atoms with Gasteiger partial charge in [0.05, 0.1) is 22.4 Å². The number of phenols is 1. The van der Waals surface area contributed by atoms with Crippen LogP contribution in [0.25, 0.3) is 0 Å². The number of aromatic hydroxyl groups is 1. The molecule has 6 unspecified atom stereocenters. The number of fused-ring (bicyclic) bond motifs is 4. The molecule has 2 heterocycles. The lowest BCUT2D eigenvalue weighted by Crippen LogP contribution is -2.60. The maximum atomic E-state index is 14.0. The fourth-order valence-corrected chi connectivity index (χ4v) is 8.02. The molecule has 2 aliphatic carbocycles. The van der Waals surface area contributed by atoms with Gasteiger partial charge in [-0.3, -0.25) is 34.2 Å². The molecule has 1 saturated carbocycles. The Morgan fingerprint density at radius 1 is 1.02 bits per heavy atom. The van der Waals surface area contributed by atoms with Gasteiger partial charge in [-0.25, -0.2) is 4.90 Å². The summed E-state index contributed by atoms with van der Waals surface area (Å²) in [6.45, 7) is 1.68. The molecule has 0 aromatic heterocycles. The van der Waals surface area contributed by atoms with Gasteiger partial charge in [-0.1, -0.05) is 35.9 Å². The number of carbonyl (C=O) groups excluding carboxylic acids is 4. The van der Waals surface area contributed by atoms with Crippen LogP contribution in [0, 0.1) is 34.8 Å². The molecule has 206 valence electrons. The Bertz CT molecular complexity index is 1590. The zero-order chi connectivity index (χ0) is 28.9. The van der Waals surface area contributed by atoms with Gasteiger partial charge in [-0.2, -0.15) is 0 Å². The van der Waals surface area contributed by atoms with Crippen LogP contribution in [0.5, 0.6) is 5.75 Å². The molecule has 2 aliphatic heterocycles. The number of nitro groups is 1. The quantitative estimate of drug-likeness (QED) is 0.190. The molecular weight excluding hydrogens is 561 g/mol. The number of hydrogen-bond acceptors (Lipinski definition) is 7. The third kappa shape index (κ3) is 3.17. The lowest BCUT2D eigenvalue weighted by molar-refractivity contribution is -0.384. The van der Waals surface area contributed by atoms with E-state index in [4.69, 9.17) is 23.2 Å². The van der Waals surface area contributed by atoms with E-state index in [-0.39, 0.29) is 35.5 Å². The van der Waals surface area contributed by atoms with Gasteiger partial charge in [0.1, 0.15) is 5.75 Å². The normalized spacial score (nSPS) is 33.0. The number of halogens is 2. The highest BCUT2D eigenvalue weighted by molar-refractivity contribution is 6.53. The molecule has 0 spiro atoms. The molecule has 2 saturated heterocycles. The second kappa shape index (κ2) is 8.62. The minimum atomic E-state index is -1.99. The van der Waals surface area contributed by atoms with E-state index in [9.17, 15) is 34.4 Å². The van der Waals surface area contributed by atoms with Crippen LogP contribution in [-0.2, 0) is 19.2 Å². The highest BCUT2D eigenvalue weighted by atomic mass is 35.5. The number of hydrogen-bond donors (Lipinski definition) is 1. The van der Waals surface area contributed by atoms with Crippen LogP contribution in [0.3, 0.4) is 0 Å². The molecule has 3 fully saturated rings. The smallest absolute Gasteiger partial charge is 0.271 e. The van der Waals surface area contributed by atoms with Crippen molar-refractivity contribution in [3.05, 3.63) is 75.4 Å². The number of benzene rings is 2. The number of anilines is 1. The Kier molecular flexibility index (Phi) is 5.70. The van der Waals surface area contributed by atoms with Gasteiger partial charge in [-0.05, 0) is 37.3 Å². The van der Waals surface area contributed by atoms with E-state index < -0.39 is 62.0 Å². The van der Waals surface area contributed by atoms with E-state index in [1.807, 2.05) is 0 Å². The minimum absolute atomic E-state index is 0.0722. The van der Waals surface area contributed by atoms with Gasteiger partial charge < -0.3 is 5.11 Å². The van der Waals surface area contributed by atoms with E-state index in [2.05, 4.69) is 0 Å². The van der Waals surface area contributed by atoms with Crippen molar-refractivity contribution in [2.75, 3.05) is 11.9 Å². The van der Waals surface area contributed by atoms with E-state index in [1.54, 1.807) is 31.2 Å². The first-order chi connectivity index (χ1) is 18.8. The fourth-order valence-electron chi connectivity index (χ4n) is 7.00. The van der Waals surface area contributed by atoms with E-state index in [0.29, 0.717) is 11.1 Å². The summed E-state index contributed by atoms with van der Waals surface area (Å²) in [7, 11) is 1.29. The average Bonchev–Trinajstić information content (AvgIpc) is 3.25. The summed E-state index contributed by atoms with van der Waals surface area (Å²) >= 11 is 14.2. The van der Waals surface area contributed by atoms with E-state index in [1.165, 1.54) is 25.2 Å². The number of aryl methyl sites for hydroxylation is 1. The summed E-state index contributed by atoms with van der Waals surface area (Å²) in [5.41, 5.74) is 1.15. The summed E-state index contributed by atoms with van der Waals surface area (Å²) in [6.07, 6.45) is 1.71. The van der Waals surface area contributed by atoms with Gasteiger partial charge in [0, 0.05) is 30.7 Å². The molecule has 0 radical (unpaired) electrons. The van der Waals surface area contributed by atoms with Crippen LogP contribution in [0.2, 0.25) is 0 Å². The third-order valence-electron chi connectivity index (χ3n) is 8.89. The molecule has 6 atom stereocenters. The summed E-state index contributed by atoms with van der Waals surface area (Å²) in [5.74, 6) is -6.24. The van der Waals surface area contributed by atoms with Crippen LogP contribution < -0.4 is 4.90 Å². The largest absolute Gasteiger partial charge is 0.507 e. The molecular formula is C28H23Cl2N3O7. The number of phenolic OH excluding ortho intramolecular Hbond substituents is 1. The van der Waals surface area contributed by atoms with Crippen LogP contribution in [0.1, 0.15) is 29.9 Å². The van der Waals surface area contributed by atoms with Crippen molar-refractivity contribution >= 4 is 58.2 Å². The van der Waals surface area contributed by atoms with Crippen molar-refractivity contribution in [2.45, 2.75) is 35.4 Å². The number of alkyl halides is 2. The molecule has 4 amide bonds. The van der Waals surface area contributed by atoms with Crippen LogP contribution in [0.4, 0.5) is 11.4 Å². The van der Waals surface area contributed by atoms with Crippen molar-refractivity contribution in [3.63, 3.8) is 0 Å². The van der Waals surface area contributed by atoms with Gasteiger partial charge in [0.15, 0.2) is 9.75 Å². The molecule has 4 aliphatic rings. The summed E-state index contributed by atoms with van der Waals surface area (Å²) in [6, 6.07) is 10.2.